The van der Waals surface area contributed by atoms with E-state index in [1.807, 2.05) is 0 Å². The van der Waals surface area contributed by atoms with Gasteiger partial charge in [0, 0.05) is 12.6 Å². The minimum Gasteiger partial charge on any atom is -0.809 e. The van der Waals surface area contributed by atoms with Crippen molar-refractivity contribution < 1.29 is 73.4 Å². The van der Waals surface area contributed by atoms with Crippen molar-refractivity contribution >= 4 is 15.9 Å². The van der Waals surface area contributed by atoms with Crippen molar-refractivity contribution in [2.45, 2.75) is 12.3 Å². The summed E-state index contributed by atoms with van der Waals surface area (Å²) in [4.78, 5) is 41.0. The first-order chi connectivity index (χ1) is 14.6. The van der Waals surface area contributed by atoms with Crippen LogP contribution in [-0.2, 0) is 15.6 Å². The first kappa shape index (κ1) is 35.7. The van der Waals surface area contributed by atoms with Crippen molar-refractivity contribution in [1.82, 2.24) is 9.97 Å². The van der Waals surface area contributed by atoms with Gasteiger partial charge >= 0.3 is 8.25 Å². The zero-order valence-electron chi connectivity index (χ0n) is 17.6. The first-order valence-corrected chi connectivity index (χ1v) is 11.4. The van der Waals surface area contributed by atoms with Gasteiger partial charge in [-0.25, -0.2) is 4.98 Å². The van der Waals surface area contributed by atoms with Gasteiger partial charge in [0.2, 0.25) is 0 Å². The monoisotopic (exact) mass is 516 g/mol. The lowest BCUT2D eigenvalue weighted by Crippen LogP contribution is -2.46. The summed E-state index contributed by atoms with van der Waals surface area (Å²) in [7, 11) is -4.94. The third-order valence-electron chi connectivity index (χ3n) is 3.36. The number of aromatic nitrogens is 2. The Labute approximate surface area is 185 Å². The molecular weight excluding hydrogens is 482 g/mol. The average molecular weight is 516 g/mol. The van der Waals surface area contributed by atoms with Gasteiger partial charge in [-0.15, -0.1) is 0 Å². The molecule has 0 saturated heterocycles. The molecule has 0 aliphatic carbocycles. The van der Waals surface area contributed by atoms with Gasteiger partial charge in [-0.2, -0.15) is 0 Å². The molecule has 1 aromatic heterocycles. The minimum absolute atomic E-state index is 0.125. The lowest BCUT2D eigenvalue weighted by atomic mass is 10.3. The molecule has 1 heterocycles. The van der Waals surface area contributed by atoms with Gasteiger partial charge in [0.15, 0.2) is 40.4 Å². The maximum absolute atomic E-state index is 10.2. The summed E-state index contributed by atoms with van der Waals surface area (Å²) in [5, 5.41) is 59.4. The van der Waals surface area contributed by atoms with Crippen LogP contribution < -0.4 is 9.79 Å². The van der Waals surface area contributed by atoms with Crippen LogP contribution in [0, 0.1) is 0 Å². The zero-order valence-corrected chi connectivity index (χ0v) is 19.5. The Balaban J connectivity index is -0.000000374. The number of imidazole rings is 1. The molecule has 0 fully saturated rings. The largest absolute Gasteiger partial charge is 0.809 e. The Bertz CT molecular complexity index is 585. The van der Waals surface area contributed by atoms with Crippen molar-refractivity contribution in [2.24, 2.45) is 0 Å². The number of hydrogen-bond donors (Lipinski definition) is 10. The fourth-order valence-corrected chi connectivity index (χ4v) is 1.38. The second kappa shape index (κ2) is 18.6. The highest BCUT2D eigenvalue weighted by molar-refractivity contribution is 7.49. The SMILES string of the molecule is C[N+](CO)(CO)CO.C[N+](CO)(CO)CO.O=P([O-])([O-])C(O)Cc1c[nH]cn1.O=[PH](O)O. The highest BCUT2D eigenvalue weighted by atomic mass is 31.2. The number of quaternary nitrogens is 2. The maximum atomic E-state index is 10.2. The predicted octanol–water partition coefficient (Wildman–Crippen LogP) is -5.89. The zero-order chi connectivity index (χ0) is 26.0. The summed E-state index contributed by atoms with van der Waals surface area (Å²) in [6.07, 6.45) is 2.48. The second-order valence-electron chi connectivity index (χ2n) is 6.66. The van der Waals surface area contributed by atoms with Gasteiger partial charge in [-0.3, -0.25) is 13.5 Å². The number of nitrogens with zero attached hydrogens (tertiary/aromatic N) is 3. The normalized spacial score (nSPS) is 12.6. The molecular formula is C13H34N4O13P2. The maximum Gasteiger partial charge on any atom is 0.314 e. The highest BCUT2D eigenvalue weighted by Gasteiger charge is 2.16. The number of aliphatic hydroxyl groups is 7. The van der Waals surface area contributed by atoms with E-state index in [2.05, 4.69) is 9.97 Å². The van der Waals surface area contributed by atoms with Crippen LogP contribution in [0.15, 0.2) is 12.5 Å². The van der Waals surface area contributed by atoms with E-state index in [0.717, 1.165) is 0 Å². The van der Waals surface area contributed by atoms with Crippen molar-refractivity contribution in [1.29, 1.82) is 0 Å². The van der Waals surface area contributed by atoms with Crippen molar-refractivity contribution in [3.8, 4) is 0 Å². The molecule has 1 rings (SSSR count). The van der Waals surface area contributed by atoms with E-state index in [4.69, 9.17) is 50.1 Å². The third-order valence-corrected chi connectivity index (χ3v) is 4.27. The van der Waals surface area contributed by atoms with Crippen LogP contribution in [-0.4, -0.2) is 125 Å². The van der Waals surface area contributed by atoms with Crippen LogP contribution in [0.5, 0.6) is 0 Å². The number of hydrogen-bond acceptors (Lipinski definition) is 12. The van der Waals surface area contributed by atoms with Gasteiger partial charge in [-0.1, -0.05) is 0 Å². The number of aromatic amines is 1. The molecule has 0 spiro atoms. The van der Waals surface area contributed by atoms with E-state index in [0.29, 0.717) is 5.69 Å². The standard InChI is InChI=1S/C5H9N2O4P.2C4H12NO3.H3O3P/c8-5(12(9,10)11)1-4-2-6-3-7-4;2*1-5(2-6,3-7)4-8;1-4(2)3/h2-3,5,8H,1H2,(H,6,7)(H2,9,10,11);2*6-8H,2-4H2,1H3;4H,(H2,1,2,3)/q;2*+1;/p-2. The molecule has 0 aromatic carbocycles. The molecule has 1 aromatic rings. The van der Waals surface area contributed by atoms with E-state index >= 15 is 0 Å². The van der Waals surface area contributed by atoms with E-state index in [1.165, 1.54) is 12.5 Å². The highest BCUT2D eigenvalue weighted by Crippen LogP contribution is 2.30. The molecule has 19 heteroatoms. The van der Waals surface area contributed by atoms with Crippen molar-refractivity contribution in [2.75, 3.05) is 54.5 Å². The molecule has 0 aliphatic rings. The number of nitrogens with one attached hydrogen (secondary N) is 1. The number of H-pyrrole nitrogens is 1. The predicted molar refractivity (Wildman–Crippen MR) is 104 cm³/mol. The average Bonchev–Trinajstić information content (AvgIpc) is 3.25. The van der Waals surface area contributed by atoms with E-state index in [9.17, 15) is 14.4 Å². The summed E-state index contributed by atoms with van der Waals surface area (Å²) >= 11 is 0. The van der Waals surface area contributed by atoms with Crippen LogP contribution >= 0.6 is 15.9 Å². The van der Waals surface area contributed by atoms with Crippen LogP contribution in [0.1, 0.15) is 5.69 Å². The second-order valence-corrected chi connectivity index (χ2v) is 8.90. The van der Waals surface area contributed by atoms with Crippen molar-refractivity contribution in [3.63, 3.8) is 0 Å². The fourth-order valence-electron chi connectivity index (χ4n) is 0.970. The van der Waals surface area contributed by atoms with E-state index in [-0.39, 0.29) is 55.8 Å². The van der Waals surface area contributed by atoms with Crippen LogP contribution in [0.25, 0.3) is 0 Å². The fraction of sp³-hybridized carbons (Fsp3) is 0.769. The smallest absolute Gasteiger partial charge is 0.314 e. The van der Waals surface area contributed by atoms with E-state index < -0.39 is 21.7 Å². The molecule has 0 amide bonds. The molecule has 32 heavy (non-hydrogen) atoms. The molecule has 0 saturated carbocycles. The Morgan fingerprint density at radius 2 is 1.28 bits per heavy atom. The topological polar surface area (TPSA) is 291 Å². The minimum atomic E-state index is -4.90. The molecule has 0 radical (unpaired) electrons. The number of rotatable bonds is 9. The summed E-state index contributed by atoms with van der Waals surface area (Å²) in [5.74, 6) is -1.89. The molecule has 0 bridgehead atoms. The van der Waals surface area contributed by atoms with Crippen LogP contribution in [0.3, 0.4) is 0 Å². The Morgan fingerprint density at radius 3 is 1.44 bits per heavy atom. The summed E-state index contributed by atoms with van der Waals surface area (Å²) in [6, 6.07) is 0. The summed E-state index contributed by atoms with van der Waals surface area (Å²) < 4.78 is 18.7. The van der Waals surface area contributed by atoms with Crippen molar-refractivity contribution in [3.05, 3.63) is 18.2 Å². The number of aliphatic hydroxyl groups excluding tert-OH is 7. The summed E-state index contributed by atoms with van der Waals surface area (Å²) in [5.41, 5.74) is 0.342. The molecule has 17 nitrogen and oxygen atoms in total. The Kier molecular flexibility index (Phi) is 20.7. The Hall–Kier alpha value is -0.850. The lowest BCUT2D eigenvalue weighted by molar-refractivity contribution is -0.960. The molecule has 1 unspecified atom stereocenters. The molecule has 0 aliphatic heterocycles. The molecule has 1 atom stereocenters. The van der Waals surface area contributed by atoms with Crippen LogP contribution in [0.2, 0.25) is 0 Å². The van der Waals surface area contributed by atoms with Gasteiger partial charge in [0.25, 0.3) is 0 Å². The van der Waals surface area contributed by atoms with Gasteiger partial charge in [0.05, 0.1) is 32.0 Å². The van der Waals surface area contributed by atoms with Gasteiger partial charge in [-0.05, 0) is 7.60 Å². The molecule has 10 N–H and O–H groups in total. The van der Waals surface area contributed by atoms with Gasteiger partial charge < -0.3 is 64.9 Å². The first-order valence-electron chi connectivity index (χ1n) is 8.51. The quantitative estimate of drug-likeness (QED) is 0.0831. The van der Waals surface area contributed by atoms with Gasteiger partial charge in [0.1, 0.15) is 0 Å². The van der Waals surface area contributed by atoms with E-state index in [1.54, 1.807) is 14.1 Å². The Morgan fingerprint density at radius 1 is 0.969 bits per heavy atom. The summed E-state index contributed by atoms with van der Waals surface area (Å²) in [6.45, 7) is -1.46. The van der Waals surface area contributed by atoms with Crippen LogP contribution in [0.4, 0.5) is 0 Å². The lowest BCUT2D eigenvalue weighted by Gasteiger charge is -2.34. The third kappa shape index (κ3) is 19.8. The molecule has 194 valence electrons.